The van der Waals surface area contributed by atoms with Crippen LogP contribution in [-0.4, -0.2) is 25.2 Å². The highest BCUT2D eigenvalue weighted by molar-refractivity contribution is 6.45. The monoisotopic (exact) mass is 164 g/mol. The molecule has 64 valence electrons. The first-order valence-electron chi connectivity index (χ1n) is 3.29. The number of carbonyl (C=O) groups is 1. The fourth-order valence-electron chi connectivity index (χ4n) is 0.419. The number of hydrogen-bond acceptors (Lipinski definition) is 2. The topological polar surface area (TPSA) is 55.1 Å². The molecule has 0 saturated heterocycles. The molecular weight excluding hydrogens is 153 g/mol. The Morgan fingerprint density at radius 1 is 1.55 bits per heavy atom. The molecule has 1 unspecified atom stereocenters. The van der Waals surface area contributed by atoms with Gasteiger partial charge in [-0.2, -0.15) is 0 Å². The summed E-state index contributed by atoms with van der Waals surface area (Å²) in [5, 5.41) is 2.06. The molecule has 1 amide bonds. The lowest BCUT2D eigenvalue weighted by molar-refractivity contribution is -0.122. The van der Waals surface area contributed by atoms with Crippen LogP contribution in [0.4, 0.5) is 8.63 Å². The summed E-state index contributed by atoms with van der Waals surface area (Å²) in [6, 6.07) is -0.740. The summed E-state index contributed by atoms with van der Waals surface area (Å²) in [7, 11) is -2.54. The molecule has 11 heavy (non-hydrogen) atoms. The number of amides is 1. The molecular formula is C5H11BF2N2O. The third-order valence-electron chi connectivity index (χ3n) is 1.16. The molecule has 0 fully saturated rings. The number of nitrogens with two attached hydrogens (primary N) is 1. The molecule has 0 aliphatic heterocycles. The average molecular weight is 164 g/mol. The van der Waals surface area contributed by atoms with E-state index in [1.807, 2.05) is 0 Å². The summed E-state index contributed by atoms with van der Waals surface area (Å²) in [6.07, 6.45) is 0. The van der Waals surface area contributed by atoms with Crippen LogP contribution in [0.2, 0.25) is 0 Å². The maximum absolute atomic E-state index is 11.8. The lowest BCUT2D eigenvalue weighted by Gasteiger charge is -2.11. The highest BCUT2D eigenvalue weighted by atomic mass is 19.2. The van der Waals surface area contributed by atoms with Crippen molar-refractivity contribution in [2.45, 2.75) is 25.8 Å². The van der Waals surface area contributed by atoms with Crippen LogP contribution in [0, 0.1) is 0 Å². The Kier molecular flexibility index (Phi) is 4.03. The molecule has 0 aliphatic rings. The molecule has 0 rings (SSSR count). The van der Waals surface area contributed by atoms with Gasteiger partial charge in [0.15, 0.2) is 0 Å². The second-order valence-corrected chi connectivity index (χ2v) is 2.42. The van der Waals surface area contributed by atoms with Gasteiger partial charge in [-0.05, 0) is 13.8 Å². The Morgan fingerprint density at radius 3 is 2.27 bits per heavy atom. The van der Waals surface area contributed by atoms with Crippen molar-refractivity contribution < 1.29 is 13.4 Å². The Hall–Kier alpha value is -0.645. The van der Waals surface area contributed by atoms with Gasteiger partial charge in [0, 0.05) is 0 Å². The van der Waals surface area contributed by atoms with Gasteiger partial charge in [0.05, 0.1) is 12.0 Å². The quantitative estimate of drug-likeness (QED) is 0.567. The van der Waals surface area contributed by atoms with Crippen molar-refractivity contribution in [3.05, 3.63) is 0 Å². The molecule has 0 aromatic rings. The highest BCUT2D eigenvalue weighted by Gasteiger charge is 2.25. The molecule has 2 atom stereocenters. The van der Waals surface area contributed by atoms with Gasteiger partial charge in [0.1, 0.15) is 0 Å². The molecule has 0 radical (unpaired) electrons. The van der Waals surface area contributed by atoms with Gasteiger partial charge in [-0.25, -0.2) is 0 Å². The smallest absolute Gasteiger partial charge is 0.353 e. The van der Waals surface area contributed by atoms with Crippen LogP contribution in [0.15, 0.2) is 0 Å². The molecule has 3 N–H and O–H groups in total. The first-order valence-corrected chi connectivity index (χ1v) is 3.29. The molecule has 0 spiro atoms. The van der Waals surface area contributed by atoms with E-state index >= 15 is 0 Å². The van der Waals surface area contributed by atoms with Gasteiger partial charge in [0.2, 0.25) is 5.91 Å². The molecule has 0 heterocycles. The zero-order valence-electron chi connectivity index (χ0n) is 6.47. The number of nitrogens with one attached hydrogen (secondary N) is 1. The Morgan fingerprint density at radius 2 is 2.00 bits per heavy atom. The van der Waals surface area contributed by atoms with E-state index in [2.05, 4.69) is 5.32 Å². The molecule has 0 aromatic heterocycles. The van der Waals surface area contributed by atoms with Crippen molar-refractivity contribution in [3.8, 4) is 0 Å². The van der Waals surface area contributed by atoms with Crippen LogP contribution < -0.4 is 11.1 Å². The third-order valence-corrected chi connectivity index (χ3v) is 1.16. The van der Waals surface area contributed by atoms with Crippen molar-refractivity contribution in [1.82, 2.24) is 5.32 Å². The summed E-state index contributed by atoms with van der Waals surface area (Å²) in [6.45, 7) is 2.67. The fraction of sp³-hybridized carbons (Fsp3) is 0.800. The van der Waals surface area contributed by atoms with Gasteiger partial charge in [-0.1, -0.05) is 0 Å². The summed E-state index contributed by atoms with van der Waals surface area (Å²) in [5.41, 5.74) is 5.13. The predicted molar refractivity (Wildman–Crippen MR) is 39.2 cm³/mol. The normalized spacial score (nSPS) is 15.4. The second kappa shape index (κ2) is 4.28. The largest absolute Gasteiger partial charge is 0.559 e. The SMILES string of the molecule is CC(N)C(=O)N[C@@H](C)B(F)F. The lowest BCUT2D eigenvalue weighted by Crippen LogP contribution is -2.46. The maximum Gasteiger partial charge on any atom is 0.559 e. The Balaban J connectivity index is 3.76. The van der Waals surface area contributed by atoms with E-state index in [-0.39, 0.29) is 0 Å². The molecule has 3 nitrogen and oxygen atoms in total. The van der Waals surface area contributed by atoms with Crippen LogP contribution in [0.25, 0.3) is 0 Å². The van der Waals surface area contributed by atoms with Crippen LogP contribution in [-0.2, 0) is 4.79 Å². The summed E-state index contributed by atoms with van der Waals surface area (Å²) >= 11 is 0. The van der Waals surface area contributed by atoms with Gasteiger partial charge < -0.3 is 11.1 Å². The minimum absolute atomic E-state index is 0.558. The van der Waals surface area contributed by atoms with Gasteiger partial charge >= 0.3 is 7.27 Å². The van der Waals surface area contributed by atoms with E-state index in [1.165, 1.54) is 13.8 Å². The highest BCUT2D eigenvalue weighted by Crippen LogP contribution is 1.94. The van der Waals surface area contributed by atoms with E-state index in [4.69, 9.17) is 5.73 Å². The molecule has 0 saturated carbocycles. The van der Waals surface area contributed by atoms with Crippen molar-refractivity contribution in [2.24, 2.45) is 5.73 Å². The van der Waals surface area contributed by atoms with E-state index in [9.17, 15) is 13.4 Å². The van der Waals surface area contributed by atoms with Crippen LogP contribution >= 0.6 is 0 Å². The zero-order chi connectivity index (χ0) is 9.02. The maximum atomic E-state index is 11.8. The molecule has 0 aromatic carbocycles. The van der Waals surface area contributed by atoms with E-state index < -0.39 is 25.2 Å². The zero-order valence-corrected chi connectivity index (χ0v) is 6.47. The number of carbonyl (C=O) groups excluding carboxylic acids is 1. The van der Waals surface area contributed by atoms with Gasteiger partial charge in [0.25, 0.3) is 0 Å². The second-order valence-electron chi connectivity index (χ2n) is 2.42. The minimum Gasteiger partial charge on any atom is -0.353 e. The van der Waals surface area contributed by atoms with Crippen molar-refractivity contribution >= 4 is 13.2 Å². The van der Waals surface area contributed by atoms with Crippen molar-refractivity contribution in [3.63, 3.8) is 0 Å². The van der Waals surface area contributed by atoms with E-state index in [1.54, 1.807) is 0 Å². The first-order chi connectivity index (χ1) is 4.95. The Labute approximate surface area is 64.5 Å². The van der Waals surface area contributed by atoms with Gasteiger partial charge in [-0.3, -0.25) is 13.4 Å². The predicted octanol–water partition coefficient (Wildman–Crippen LogP) is -0.195. The molecule has 0 aliphatic carbocycles. The van der Waals surface area contributed by atoms with Crippen LogP contribution in [0.1, 0.15) is 13.8 Å². The molecule has 6 heteroatoms. The minimum atomic E-state index is -2.54. The number of halogens is 2. The number of rotatable bonds is 3. The summed E-state index contributed by atoms with van der Waals surface area (Å²) in [5.74, 6) is -1.69. The number of hydrogen-bond donors (Lipinski definition) is 2. The average Bonchev–Trinajstić information content (AvgIpc) is 1.87. The Bertz CT molecular complexity index is 142. The van der Waals surface area contributed by atoms with Crippen LogP contribution in [0.5, 0.6) is 0 Å². The third kappa shape index (κ3) is 3.92. The summed E-state index contributed by atoms with van der Waals surface area (Å²) < 4.78 is 23.6. The van der Waals surface area contributed by atoms with E-state index in [0.717, 1.165) is 0 Å². The first kappa shape index (κ1) is 10.4. The van der Waals surface area contributed by atoms with Crippen molar-refractivity contribution in [1.29, 1.82) is 0 Å². The summed E-state index contributed by atoms with van der Waals surface area (Å²) in [4.78, 5) is 10.7. The standard InChI is InChI=1S/C5H11BF2N2O/c1-3(9)5(11)10-4(2)6(7)8/h3-4H,9H2,1-2H3,(H,10,11)/t3?,4-/m0/s1. The fourth-order valence-corrected chi connectivity index (χ4v) is 0.419. The lowest BCUT2D eigenvalue weighted by atomic mass is 9.87. The molecule has 0 bridgehead atoms. The van der Waals surface area contributed by atoms with E-state index in [0.29, 0.717) is 0 Å². The van der Waals surface area contributed by atoms with Gasteiger partial charge in [-0.15, -0.1) is 0 Å². The van der Waals surface area contributed by atoms with Crippen molar-refractivity contribution in [2.75, 3.05) is 0 Å². The van der Waals surface area contributed by atoms with Crippen LogP contribution in [0.3, 0.4) is 0 Å².